The maximum absolute atomic E-state index is 5.31. The van der Waals surface area contributed by atoms with Crippen LogP contribution in [0.3, 0.4) is 0 Å². The van der Waals surface area contributed by atoms with Gasteiger partial charge in [-0.25, -0.2) is 0 Å². The molecule has 1 fully saturated rings. The van der Waals surface area contributed by atoms with Gasteiger partial charge in [-0.15, -0.1) is 0 Å². The highest BCUT2D eigenvalue weighted by atomic mass is 16.5. The maximum Gasteiger partial charge on any atom is 0.0480 e. The first-order valence-corrected chi connectivity index (χ1v) is 5.66. The standard InChI is InChI=1S/C12H18N2O/c1-2-7-13-11(3-1)4-8-14-12-5-9-15-10-6-12/h1-3,7,12,14H,4-6,8-10H2. The Morgan fingerprint density at radius 2 is 2.20 bits per heavy atom. The highest BCUT2D eigenvalue weighted by Crippen LogP contribution is 2.05. The SMILES string of the molecule is c1ccc(CCNC2CCOCC2)nc1. The van der Waals surface area contributed by atoms with Gasteiger partial charge in [-0.05, 0) is 25.0 Å². The van der Waals surface area contributed by atoms with Crippen LogP contribution in [-0.4, -0.2) is 30.8 Å². The summed E-state index contributed by atoms with van der Waals surface area (Å²) in [6, 6.07) is 6.71. The van der Waals surface area contributed by atoms with Crippen molar-refractivity contribution in [1.82, 2.24) is 10.3 Å². The summed E-state index contributed by atoms with van der Waals surface area (Å²) in [4.78, 5) is 4.30. The molecule has 15 heavy (non-hydrogen) atoms. The average Bonchev–Trinajstić information content (AvgIpc) is 2.32. The molecule has 1 aromatic rings. The molecule has 0 spiro atoms. The molecule has 2 rings (SSSR count). The lowest BCUT2D eigenvalue weighted by atomic mass is 10.1. The third-order valence-electron chi connectivity index (χ3n) is 2.76. The molecule has 2 heterocycles. The molecule has 1 N–H and O–H groups in total. The lowest BCUT2D eigenvalue weighted by molar-refractivity contribution is 0.0782. The van der Waals surface area contributed by atoms with Gasteiger partial charge in [0.05, 0.1) is 0 Å². The van der Waals surface area contributed by atoms with Crippen LogP contribution < -0.4 is 5.32 Å². The van der Waals surface area contributed by atoms with Crippen molar-refractivity contribution in [1.29, 1.82) is 0 Å². The van der Waals surface area contributed by atoms with Gasteiger partial charge in [-0.2, -0.15) is 0 Å². The molecule has 0 radical (unpaired) electrons. The number of nitrogens with zero attached hydrogens (tertiary/aromatic N) is 1. The van der Waals surface area contributed by atoms with Gasteiger partial charge in [0.2, 0.25) is 0 Å². The Balaban J connectivity index is 1.66. The van der Waals surface area contributed by atoms with Gasteiger partial charge in [0, 0.05) is 44.1 Å². The first-order valence-electron chi connectivity index (χ1n) is 5.66. The van der Waals surface area contributed by atoms with Crippen molar-refractivity contribution in [3.8, 4) is 0 Å². The summed E-state index contributed by atoms with van der Waals surface area (Å²) >= 11 is 0. The molecule has 1 aromatic heterocycles. The fourth-order valence-electron chi connectivity index (χ4n) is 1.85. The van der Waals surface area contributed by atoms with E-state index in [-0.39, 0.29) is 0 Å². The second-order valence-corrected chi connectivity index (χ2v) is 3.91. The first-order chi connectivity index (χ1) is 7.45. The van der Waals surface area contributed by atoms with Crippen LogP contribution in [0.5, 0.6) is 0 Å². The highest BCUT2D eigenvalue weighted by Gasteiger charge is 2.12. The molecule has 0 aromatic carbocycles. The Kier molecular flexibility index (Phi) is 4.11. The van der Waals surface area contributed by atoms with E-state index in [9.17, 15) is 0 Å². The number of nitrogens with one attached hydrogen (secondary N) is 1. The summed E-state index contributed by atoms with van der Waals surface area (Å²) in [6.07, 6.45) is 5.15. The van der Waals surface area contributed by atoms with Gasteiger partial charge >= 0.3 is 0 Å². The van der Waals surface area contributed by atoms with Crippen molar-refractivity contribution in [2.45, 2.75) is 25.3 Å². The van der Waals surface area contributed by atoms with E-state index in [0.717, 1.165) is 44.7 Å². The summed E-state index contributed by atoms with van der Waals surface area (Å²) in [7, 11) is 0. The molecule has 0 saturated carbocycles. The lowest BCUT2D eigenvalue weighted by Gasteiger charge is -2.23. The second kappa shape index (κ2) is 5.83. The lowest BCUT2D eigenvalue weighted by Crippen LogP contribution is -2.35. The van der Waals surface area contributed by atoms with E-state index in [1.807, 2.05) is 18.3 Å². The van der Waals surface area contributed by atoms with E-state index >= 15 is 0 Å². The van der Waals surface area contributed by atoms with Crippen LogP contribution in [0.15, 0.2) is 24.4 Å². The monoisotopic (exact) mass is 206 g/mol. The van der Waals surface area contributed by atoms with E-state index in [0.29, 0.717) is 6.04 Å². The van der Waals surface area contributed by atoms with Gasteiger partial charge in [-0.1, -0.05) is 6.07 Å². The number of pyridine rings is 1. The van der Waals surface area contributed by atoms with Crippen molar-refractivity contribution < 1.29 is 4.74 Å². The van der Waals surface area contributed by atoms with Crippen LogP contribution in [-0.2, 0) is 11.2 Å². The predicted molar refractivity (Wildman–Crippen MR) is 59.8 cm³/mol. The second-order valence-electron chi connectivity index (χ2n) is 3.91. The first kappa shape index (κ1) is 10.6. The number of hydrogen-bond acceptors (Lipinski definition) is 3. The third kappa shape index (κ3) is 3.61. The summed E-state index contributed by atoms with van der Waals surface area (Å²) in [5.41, 5.74) is 1.16. The molecule has 0 amide bonds. The minimum Gasteiger partial charge on any atom is -0.381 e. The zero-order valence-electron chi connectivity index (χ0n) is 8.98. The molecule has 82 valence electrons. The van der Waals surface area contributed by atoms with Gasteiger partial charge < -0.3 is 10.1 Å². The fourth-order valence-corrected chi connectivity index (χ4v) is 1.85. The minimum absolute atomic E-state index is 0.641. The fraction of sp³-hybridized carbons (Fsp3) is 0.583. The van der Waals surface area contributed by atoms with Crippen LogP contribution in [0.2, 0.25) is 0 Å². The Hall–Kier alpha value is -0.930. The Morgan fingerprint density at radius 3 is 2.93 bits per heavy atom. The highest BCUT2D eigenvalue weighted by molar-refractivity contribution is 5.03. The molecule has 0 bridgehead atoms. The van der Waals surface area contributed by atoms with Crippen molar-refractivity contribution in [2.24, 2.45) is 0 Å². The predicted octanol–water partition coefficient (Wildman–Crippen LogP) is 1.39. The van der Waals surface area contributed by atoms with Gasteiger partial charge in [-0.3, -0.25) is 4.98 Å². The van der Waals surface area contributed by atoms with Crippen LogP contribution in [0, 0.1) is 0 Å². The van der Waals surface area contributed by atoms with E-state index in [2.05, 4.69) is 16.4 Å². The summed E-state index contributed by atoms with van der Waals surface area (Å²) < 4.78 is 5.31. The Bertz CT molecular complexity index is 270. The number of hydrogen-bond donors (Lipinski definition) is 1. The van der Waals surface area contributed by atoms with Gasteiger partial charge in [0.25, 0.3) is 0 Å². The van der Waals surface area contributed by atoms with E-state index in [1.165, 1.54) is 0 Å². The molecule has 1 saturated heterocycles. The number of ether oxygens (including phenoxy) is 1. The van der Waals surface area contributed by atoms with Gasteiger partial charge in [0.15, 0.2) is 0 Å². The molecule has 1 aliphatic heterocycles. The topological polar surface area (TPSA) is 34.1 Å². The Morgan fingerprint density at radius 1 is 1.33 bits per heavy atom. The molecule has 3 nitrogen and oxygen atoms in total. The largest absolute Gasteiger partial charge is 0.381 e. The molecule has 0 unspecified atom stereocenters. The molecule has 0 aliphatic carbocycles. The average molecular weight is 206 g/mol. The zero-order chi connectivity index (χ0) is 10.3. The zero-order valence-corrected chi connectivity index (χ0v) is 8.98. The summed E-state index contributed by atoms with van der Waals surface area (Å²) in [5.74, 6) is 0. The molecular weight excluding hydrogens is 188 g/mol. The van der Waals surface area contributed by atoms with E-state index in [1.54, 1.807) is 0 Å². The van der Waals surface area contributed by atoms with Crippen LogP contribution in [0.25, 0.3) is 0 Å². The Labute approximate surface area is 90.9 Å². The van der Waals surface area contributed by atoms with Crippen molar-refractivity contribution in [3.63, 3.8) is 0 Å². The van der Waals surface area contributed by atoms with E-state index in [4.69, 9.17) is 4.74 Å². The summed E-state index contributed by atoms with van der Waals surface area (Å²) in [5, 5.41) is 3.55. The van der Waals surface area contributed by atoms with Crippen LogP contribution in [0.1, 0.15) is 18.5 Å². The quantitative estimate of drug-likeness (QED) is 0.808. The number of aromatic nitrogens is 1. The van der Waals surface area contributed by atoms with Crippen LogP contribution in [0.4, 0.5) is 0 Å². The minimum atomic E-state index is 0.641. The molecule has 0 atom stereocenters. The van der Waals surface area contributed by atoms with Crippen molar-refractivity contribution >= 4 is 0 Å². The van der Waals surface area contributed by atoms with Gasteiger partial charge in [0.1, 0.15) is 0 Å². The number of rotatable bonds is 4. The van der Waals surface area contributed by atoms with Crippen molar-refractivity contribution in [3.05, 3.63) is 30.1 Å². The van der Waals surface area contributed by atoms with E-state index < -0.39 is 0 Å². The maximum atomic E-state index is 5.31. The normalized spacial score (nSPS) is 17.9. The molecule has 3 heteroatoms. The summed E-state index contributed by atoms with van der Waals surface area (Å²) in [6.45, 7) is 2.82. The molecular formula is C12H18N2O. The molecule has 1 aliphatic rings. The van der Waals surface area contributed by atoms with Crippen molar-refractivity contribution in [2.75, 3.05) is 19.8 Å². The van der Waals surface area contributed by atoms with Crippen LogP contribution >= 0.6 is 0 Å². The smallest absolute Gasteiger partial charge is 0.0480 e. The third-order valence-corrected chi connectivity index (χ3v) is 2.76.